The SMILES string of the molecule is COc1ccc(NCC2CC=CCC2)cn1. The molecule has 2 rings (SSSR count). The van der Waals surface area contributed by atoms with Crippen LogP contribution in [0, 0.1) is 5.92 Å². The highest BCUT2D eigenvalue weighted by Crippen LogP contribution is 2.19. The molecule has 0 saturated carbocycles. The molecule has 3 nitrogen and oxygen atoms in total. The van der Waals surface area contributed by atoms with Gasteiger partial charge < -0.3 is 10.1 Å². The molecule has 1 atom stereocenters. The fraction of sp³-hybridized carbons (Fsp3) is 0.462. The quantitative estimate of drug-likeness (QED) is 0.789. The smallest absolute Gasteiger partial charge is 0.213 e. The maximum atomic E-state index is 5.02. The maximum Gasteiger partial charge on any atom is 0.213 e. The Morgan fingerprint density at radius 1 is 1.44 bits per heavy atom. The first-order valence-corrected chi connectivity index (χ1v) is 5.77. The molecule has 0 spiro atoms. The molecule has 1 aromatic heterocycles. The van der Waals surface area contributed by atoms with Gasteiger partial charge in [0.05, 0.1) is 19.0 Å². The van der Waals surface area contributed by atoms with E-state index in [-0.39, 0.29) is 0 Å². The van der Waals surface area contributed by atoms with Crippen LogP contribution in [0.2, 0.25) is 0 Å². The Hall–Kier alpha value is -1.51. The molecule has 3 heteroatoms. The molecule has 0 saturated heterocycles. The zero-order chi connectivity index (χ0) is 11.2. The van der Waals surface area contributed by atoms with Crippen molar-refractivity contribution < 1.29 is 4.74 Å². The Labute approximate surface area is 96.5 Å². The Balaban J connectivity index is 1.82. The normalized spacial score (nSPS) is 19.4. The number of anilines is 1. The number of methoxy groups -OCH3 is 1. The van der Waals surface area contributed by atoms with E-state index in [9.17, 15) is 0 Å². The van der Waals surface area contributed by atoms with E-state index in [1.807, 2.05) is 18.3 Å². The summed E-state index contributed by atoms with van der Waals surface area (Å²) in [5.74, 6) is 1.42. The molecule has 0 bridgehead atoms. The summed E-state index contributed by atoms with van der Waals surface area (Å²) in [6.07, 6.45) is 10.1. The summed E-state index contributed by atoms with van der Waals surface area (Å²) in [6.45, 7) is 1.03. The molecule has 1 aliphatic rings. The molecule has 86 valence electrons. The molecule has 0 amide bonds. The first-order valence-electron chi connectivity index (χ1n) is 5.77. The van der Waals surface area contributed by atoms with Crippen LogP contribution in [0.25, 0.3) is 0 Å². The summed E-state index contributed by atoms with van der Waals surface area (Å²) in [4.78, 5) is 4.16. The van der Waals surface area contributed by atoms with E-state index in [1.165, 1.54) is 19.3 Å². The average Bonchev–Trinajstić information content (AvgIpc) is 2.38. The van der Waals surface area contributed by atoms with E-state index in [4.69, 9.17) is 4.74 Å². The van der Waals surface area contributed by atoms with Gasteiger partial charge in [-0.15, -0.1) is 0 Å². The van der Waals surface area contributed by atoms with Crippen molar-refractivity contribution in [2.45, 2.75) is 19.3 Å². The molecule has 1 heterocycles. The third-order valence-electron chi connectivity index (χ3n) is 2.92. The van der Waals surface area contributed by atoms with Crippen LogP contribution in [0.4, 0.5) is 5.69 Å². The van der Waals surface area contributed by atoms with Crippen LogP contribution in [-0.2, 0) is 0 Å². The van der Waals surface area contributed by atoms with Crippen molar-refractivity contribution in [2.24, 2.45) is 5.92 Å². The highest BCUT2D eigenvalue weighted by molar-refractivity contribution is 5.42. The zero-order valence-electron chi connectivity index (χ0n) is 9.65. The lowest BCUT2D eigenvalue weighted by Gasteiger charge is -2.18. The van der Waals surface area contributed by atoms with Gasteiger partial charge in [-0.25, -0.2) is 4.98 Å². The van der Waals surface area contributed by atoms with Crippen molar-refractivity contribution in [1.29, 1.82) is 0 Å². The van der Waals surface area contributed by atoms with Gasteiger partial charge in [-0.3, -0.25) is 0 Å². The molecule has 1 N–H and O–H groups in total. The topological polar surface area (TPSA) is 34.1 Å². The van der Waals surface area contributed by atoms with Crippen molar-refractivity contribution in [3.8, 4) is 5.88 Å². The maximum absolute atomic E-state index is 5.02. The lowest BCUT2D eigenvalue weighted by molar-refractivity contribution is 0.398. The highest BCUT2D eigenvalue weighted by atomic mass is 16.5. The van der Waals surface area contributed by atoms with E-state index in [0.717, 1.165) is 18.2 Å². The minimum atomic E-state index is 0.658. The van der Waals surface area contributed by atoms with Gasteiger partial charge in [-0.2, -0.15) is 0 Å². The lowest BCUT2D eigenvalue weighted by atomic mass is 9.94. The monoisotopic (exact) mass is 218 g/mol. The van der Waals surface area contributed by atoms with Crippen molar-refractivity contribution in [3.63, 3.8) is 0 Å². The minimum absolute atomic E-state index is 0.658. The standard InChI is InChI=1S/C13H18N2O/c1-16-13-8-7-12(10-15-13)14-9-11-5-3-2-4-6-11/h2-3,7-8,10-11,14H,4-6,9H2,1H3. The van der Waals surface area contributed by atoms with Gasteiger partial charge in [0.1, 0.15) is 0 Å². The molecule has 0 aromatic carbocycles. The molecular formula is C13H18N2O. The molecule has 16 heavy (non-hydrogen) atoms. The Bertz CT molecular complexity index is 345. The van der Waals surface area contributed by atoms with Crippen LogP contribution in [0.5, 0.6) is 5.88 Å². The van der Waals surface area contributed by atoms with Gasteiger partial charge in [-0.1, -0.05) is 12.2 Å². The second kappa shape index (κ2) is 5.54. The fourth-order valence-electron chi connectivity index (χ4n) is 1.91. The van der Waals surface area contributed by atoms with Gasteiger partial charge in [0.25, 0.3) is 0 Å². The van der Waals surface area contributed by atoms with Crippen molar-refractivity contribution >= 4 is 5.69 Å². The minimum Gasteiger partial charge on any atom is -0.481 e. The summed E-state index contributed by atoms with van der Waals surface area (Å²) >= 11 is 0. The number of hydrogen-bond donors (Lipinski definition) is 1. The number of hydrogen-bond acceptors (Lipinski definition) is 3. The number of pyridine rings is 1. The Morgan fingerprint density at radius 2 is 2.38 bits per heavy atom. The van der Waals surface area contributed by atoms with E-state index >= 15 is 0 Å². The summed E-state index contributed by atoms with van der Waals surface area (Å²) in [5, 5.41) is 3.41. The van der Waals surface area contributed by atoms with Crippen molar-refractivity contribution in [2.75, 3.05) is 19.0 Å². The molecular weight excluding hydrogens is 200 g/mol. The summed E-state index contributed by atoms with van der Waals surface area (Å²) in [5.41, 5.74) is 1.07. The van der Waals surface area contributed by atoms with Gasteiger partial charge in [-0.05, 0) is 31.2 Å². The number of allylic oxidation sites excluding steroid dienone is 2. The molecule has 1 aromatic rings. The molecule has 1 aliphatic carbocycles. The number of aromatic nitrogens is 1. The van der Waals surface area contributed by atoms with Gasteiger partial charge in [0.15, 0.2) is 0 Å². The van der Waals surface area contributed by atoms with Crippen LogP contribution < -0.4 is 10.1 Å². The number of nitrogens with one attached hydrogen (secondary N) is 1. The second-order valence-electron chi connectivity index (χ2n) is 4.12. The van der Waals surface area contributed by atoms with Crippen LogP contribution >= 0.6 is 0 Å². The van der Waals surface area contributed by atoms with Crippen LogP contribution in [0.15, 0.2) is 30.5 Å². The number of ether oxygens (including phenoxy) is 1. The Morgan fingerprint density at radius 3 is 3.00 bits per heavy atom. The van der Waals surface area contributed by atoms with Crippen LogP contribution in [0.3, 0.4) is 0 Å². The van der Waals surface area contributed by atoms with E-state index in [0.29, 0.717) is 5.88 Å². The van der Waals surface area contributed by atoms with Crippen molar-refractivity contribution in [1.82, 2.24) is 4.98 Å². The predicted octanol–water partition coefficient (Wildman–Crippen LogP) is 2.86. The van der Waals surface area contributed by atoms with Crippen LogP contribution in [0.1, 0.15) is 19.3 Å². The number of rotatable bonds is 4. The summed E-state index contributed by atoms with van der Waals surface area (Å²) in [6, 6.07) is 3.88. The first-order chi connectivity index (χ1) is 7.88. The zero-order valence-corrected chi connectivity index (χ0v) is 9.65. The molecule has 0 fully saturated rings. The average molecular weight is 218 g/mol. The van der Waals surface area contributed by atoms with Gasteiger partial charge in [0, 0.05) is 12.6 Å². The van der Waals surface area contributed by atoms with E-state index in [2.05, 4.69) is 22.5 Å². The fourth-order valence-corrected chi connectivity index (χ4v) is 1.91. The number of nitrogens with zero attached hydrogens (tertiary/aromatic N) is 1. The molecule has 1 unspecified atom stereocenters. The summed E-state index contributed by atoms with van der Waals surface area (Å²) in [7, 11) is 1.63. The van der Waals surface area contributed by atoms with Gasteiger partial charge >= 0.3 is 0 Å². The van der Waals surface area contributed by atoms with E-state index in [1.54, 1.807) is 7.11 Å². The van der Waals surface area contributed by atoms with Crippen LogP contribution in [-0.4, -0.2) is 18.6 Å². The van der Waals surface area contributed by atoms with E-state index < -0.39 is 0 Å². The second-order valence-corrected chi connectivity index (χ2v) is 4.12. The molecule has 0 radical (unpaired) electrons. The predicted molar refractivity (Wildman–Crippen MR) is 65.8 cm³/mol. The Kier molecular flexibility index (Phi) is 3.81. The molecule has 0 aliphatic heterocycles. The largest absolute Gasteiger partial charge is 0.481 e. The third-order valence-corrected chi connectivity index (χ3v) is 2.92. The van der Waals surface area contributed by atoms with Crippen molar-refractivity contribution in [3.05, 3.63) is 30.5 Å². The van der Waals surface area contributed by atoms with Gasteiger partial charge in [0.2, 0.25) is 5.88 Å². The lowest BCUT2D eigenvalue weighted by Crippen LogP contribution is -2.15. The highest BCUT2D eigenvalue weighted by Gasteiger charge is 2.09. The third kappa shape index (κ3) is 2.99. The first kappa shape index (κ1) is 11.0. The summed E-state index contributed by atoms with van der Waals surface area (Å²) < 4.78 is 5.02.